The van der Waals surface area contributed by atoms with Crippen LogP contribution in [0.3, 0.4) is 0 Å². The van der Waals surface area contributed by atoms with Gasteiger partial charge in [0.25, 0.3) is 0 Å². The van der Waals surface area contributed by atoms with Crippen LogP contribution in [0.15, 0.2) is 36.4 Å². The number of allylic oxidation sites excluding steroid dienone is 1. The Morgan fingerprint density at radius 3 is 2.25 bits per heavy atom. The molecule has 0 radical (unpaired) electrons. The van der Waals surface area contributed by atoms with Crippen molar-refractivity contribution in [2.75, 3.05) is 6.26 Å². The zero-order valence-corrected chi connectivity index (χ0v) is 9.91. The van der Waals surface area contributed by atoms with Crippen molar-refractivity contribution < 1.29 is 13.2 Å². The van der Waals surface area contributed by atoms with Gasteiger partial charge in [-0.25, -0.2) is 8.42 Å². The summed E-state index contributed by atoms with van der Waals surface area (Å²) in [6.07, 6.45) is 2.31. The Morgan fingerprint density at radius 1 is 1.25 bits per heavy atom. The van der Waals surface area contributed by atoms with Crippen LogP contribution >= 0.6 is 0 Å². The second kappa shape index (κ2) is 4.94. The molecule has 5 heteroatoms. The maximum absolute atomic E-state index is 11.1. The number of benzene rings is 1. The van der Waals surface area contributed by atoms with E-state index >= 15 is 0 Å². The molecule has 0 aromatic heterocycles. The average molecular weight is 239 g/mol. The highest BCUT2D eigenvalue weighted by molar-refractivity contribution is 7.89. The van der Waals surface area contributed by atoms with E-state index in [-0.39, 0.29) is 11.5 Å². The summed E-state index contributed by atoms with van der Waals surface area (Å²) >= 11 is 0. The highest BCUT2D eigenvalue weighted by atomic mass is 32.2. The lowest BCUT2D eigenvalue weighted by Gasteiger charge is -2.08. The monoisotopic (exact) mass is 239 g/mol. The van der Waals surface area contributed by atoms with Crippen molar-refractivity contribution in [1.82, 2.24) is 4.72 Å². The van der Waals surface area contributed by atoms with Gasteiger partial charge in [0.05, 0.1) is 12.0 Å². The quantitative estimate of drug-likeness (QED) is 0.802. The van der Waals surface area contributed by atoms with Crippen LogP contribution in [0.1, 0.15) is 12.5 Å². The summed E-state index contributed by atoms with van der Waals surface area (Å²) in [5.74, 6) is -0.213. The molecule has 4 nitrogen and oxygen atoms in total. The molecule has 1 aromatic rings. The van der Waals surface area contributed by atoms with E-state index in [1.165, 1.54) is 13.0 Å². The van der Waals surface area contributed by atoms with Gasteiger partial charge in [-0.05, 0) is 12.5 Å². The lowest BCUT2D eigenvalue weighted by molar-refractivity contribution is -0.112. The molecular weight excluding hydrogens is 226 g/mol. The molecule has 0 aliphatic rings. The highest BCUT2D eigenvalue weighted by Crippen LogP contribution is 2.11. The molecule has 0 aliphatic heterocycles. The smallest absolute Gasteiger partial charge is 0.229 e. The lowest BCUT2D eigenvalue weighted by atomic mass is 10.1. The van der Waals surface area contributed by atoms with Gasteiger partial charge in [0.1, 0.15) is 0 Å². The van der Waals surface area contributed by atoms with Crippen LogP contribution in [0.4, 0.5) is 0 Å². The number of hydrogen-bond donors (Lipinski definition) is 1. The summed E-state index contributed by atoms with van der Waals surface area (Å²) in [6.45, 7) is 1.37. The highest BCUT2D eigenvalue weighted by Gasteiger charge is 2.07. The Kier molecular flexibility index (Phi) is 3.84. The summed E-state index contributed by atoms with van der Waals surface area (Å²) in [5, 5.41) is 0. The van der Waals surface area contributed by atoms with E-state index < -0.39 is 10.0 Å². The SMILES string of the molecule is CC(=O)/C=C(/NS(C)(=O)=O)c1ccccc1. The van der Waals surface area contributed by atoms with Crippen LogP contribution in [-0.2, 0) is 14.8 Å². The molecule has 0 atom stereocenters. The fourth-order valence-corrected chi connectivity index (χ4v) is 1.77. The molecule has 86 valence electrons. The van der Waals surface area contributed by atoms with E-state index in [1.807, 2.05) is 6.07 Å². The molecule has 1 aromatic carbocycles. The summed E-state index contributed by atoms with van der Waals surface area (Å²) in [4.78, 5) is 11.0. The normalized spacial score (nSPS) is 12.2. The minimum absolute atomic E-state index is 0.213. The van der Waals surface area contributed by atoms with E-state index in [1.54, 1.807) is 24.3 Å². The van der Waals surface area contributed by atoms with Crippen LogP contribution in [0.25, 0.3) is 5.70 Å². The van der Waals surface area contributed by atoms with Crippen molar-refractivity contribution in [2.24, 2.45) is 0 Å². The summed E-state index contributed by atoms with van der Waals surface area (Å²) < 4.78 is 24.6. The Morgan fingerprint density at radius 2 is 1.81 bits per heavy atom. The second-order valence-electron chi connectivity index (χ2n) is 3.41. The van der Waals surface area contributed by atoms with Crippen LogP contribution in [-0.4, -0.2) is 20.5 Å². The fraction of sp³-hybridized carbons (Fsp3) is 0.182. The van der Waals surface area contributed by atoms with E-state index in [0.717, 1.165) is 6.26 Å². The number of carbonyl (C=O) groups is 1. The van der Waals surface area contributed by atoms with E-state index in [9.17, 15) is 13.2 Å². The van der Waals surface area contributed by atoms with Crippen LogP contribution < -0.4 is 4.72 Å². The first kappa shape index (κ1) is 12.4. The number of rotatable bonds is 4. The van der Waals surface area contributed by atoms with Crippen molar-refractivity contribution in [1.29, 1.82) is 0 Å². The molecule has 0 amide bonds. The van der Waals surface area contributed by atoms with E-state index in [2.05, 4.69) is 4.72 Å². The Hall–Kier alpha value is -1.62. The van der Waals surface area contributed by atoms with Crippen molar-refractivity contribution in [3.05, 3.63) is 42.0 Å². The standard InChI is InChI=1S/C11H13NO3S/c1-9(13)8-11(12-16(2,14)15)10-6-4-3-5-7-10/h3-8,12H,1-2H3/b11-8+. The molecule has 0 spiro atoms. The minimum Gasteiger partial charge on any atom is -0.295 e. The summed E-state index contributed by atoms with van der Waals surface area (Å²) in [7, 11) is -3.39. The van der Waals surface area contributed by atoms with Crippen LogP contribution in [0.2, 0.25) is 0 Å². The molecule has 0 aliphatic carbocycles. The molecular formula is C11H13NO3S. The van der Waals surface area contributed by atoms with Crippen molar-refractivity contribution >= 4 is 21.5 Å². The maximum Gasteiger partial charge on any atom is 0.229 e. The van der Waals surface area contributed by atoms with Gasteiger partial charge in [-0.2, -0.15) is 0 Å². The molecule has 1 N–H and O–H groups in total. The number of ketones is 1. The third-order valence-electron chi connectivity index (χ3n) is 1.73. The number of carbonyl (C=O) groups excluding carboxylic acids is 1. The molecule has 0 saturated heterocycles. The predicted octanol–water partition coefficient (Wildman–Crippen LogP) is 1.17. The first-order chi connectivity index (χ1) is 7.38. The summed E-state index contributed by atoms with van der Waals surface area (Å²) in [5.41, 5.74) is 0.943. The van der Waals surface area contributed by atoms with Crippen LogP contribution in [0, 0.1) is 0 Å². The molecule has 0 saturated carbocycles. The van der Waals surface area contributed by atoms with Gasteiger partial charge in [-0.15, -0.1) is 0 Å². The van der Waals surface area contributed by atoms with Gasteiger partial charge >= 0.3 is 0 Å². The molecule has 0 bridgehead atoms. The van der Waals surface area contributed by atoms with Gasteiger partial charge in [0, 0.05) is 6.08 Å². The fourth-order valence-electron chi connectivity index (χ4n) is 1.19. The predicted molar refractivity (Wildman–Crippen MR) is 63.1 cm³/mol. The topological polar surface area (TPSA) is 63.2 Å². The second-order valence-corrected chi connectivity index (χ2v) is 5.16. The first-order valence-corrected chi connectivity index (χ1v) is 6.53. The van der Waals surface area contributed by atoms with Gasteiger partial charge in [0.2, 0.25) is 10.0 Å². The van der Waals surface area contributed by atoms with Gasteiger partial charge in [-0.1, -0.05) is 30.3 Å². The number of hydrogen-bond acceptors (Lipinski definition) is 3. The van der Waals surface area contributed by atoms with E-state index in [4.69, 9.17) is 0 Å². The molecule has 0 heterocycles. The minimum atomic E-state index is -3.39. The molecule has 0 fully saturated rings. The summed E-state index contributed by atoms with van der Waals surface area (Å²) in [6, 6.07) is 8.82. The third-order valence-corrected chi connectivity index (χ3v) is 2.32. The van der Waals surface area contributed by atoms with Crippen molar-refractivity contribution in [2.45, 2.75) is 6.92 Å². The average Bonchev–Trinajstić information content (AvgIpc) is 2.15. The Bertz CT molecular complexity index is 503. The van der Waals surface area contributed by atoms with Gasteiger partial charge in [0.15, 0.2) is 5.78 Å². The van der Waals surface area contributed by atoms with Gasteiger partial charge in [-0.3, -0.25) is 9.52 Å². The zero-order chi connectivity index (χ0) is 12.2. The zero-order valence-electron chi connectivity index (χ0n) is 9.10. The molecule has 0 unspecified atom stereocenters. The Labute approximate surface area is 95.0 Å². The molecule has 16 heavy (non-hydrogen) atoms. The maximum atomic E-state index is 11.1. The van der Waals surface area contributed by atoms with Gasteiger partial charge < -0.3 is 0 Å². The number of nitrogens with one attached hydrogen (secondary N) is 1. The van der Waals surface area contributed by atoms with E-state index in [0.29, 0.717) is 5.56 Å². The van der Waals surface area contributed by atoms with Crippen molar-refractivity contribution in [3.63, 3.8) is 0 Å². The van der Waals surface area contributed by atoms with Crippen LogP contribution in [0.5, 0.6) is 0 Å². The number of sulfonamides is 1. The first-order valence-electron chi connectivity index (χ1n) is 4.64. The Balaban J connectivity index is 3.13. The molecule has 1 rings (SSSR count). The largest absolute Gasteiger partial charge is 0.295 e. The van der Waals surface area contributed by atoms with Crippen molar-refractivity contribution in [3.8, 4) is 0 Å². The third kappa shape index (κ3) is 4.27. The lowest BCUT2D eigenvalue weighted by Crippen LogP contribution is -2.21.